The van der Waals surface area contributed by atoms with E-state index in [-0.39, 0.29) is 0 Å². The van der Waals surface area contributed by atoms with Crippen molar-refractivity contribution in [2.45, 2.75) is 32.7 Å². The van der Waals surface area contributed by atoms with Crippen molar-refractivity contribution in [1.29, 1.82) is 0 Å². The molecule has 0 aromatic carbocycles. The minimum Gasteiger partial charge on any atom is -0.311 e. The molecule has 0 spiro atoms. The molecular formula is C15H25N3. The summed E-state index contributed by atoms with van der Waals surface area (Å²) in [5, 5.41) is 3.52. The molecule has 3 nitrogen and oxygen atoms in total. The molecule has 100 valence electrons. The van der Waals surface area contributed by atoms with Crippen LogP contribution in [0.2, 0.25) is 0 Å². The summed E-state index contributed by atoms with van der Waals surface area (Å²) in [4.78, 5) is 6.84. The van der Waals surface area contributed by atoms with Crippen LogP contribution in [0.1, 0.15) is 30.5 Å². The summed E-state index contributed by atoms with van der Waals surface area (Å²) in [6.07, 6.45) is 5.91. The van der Waals surface area contributed by atoms with Crippen LogP contribution in [0.25, 0.3) is 0 Å². The van der Waals surface area contributed by atoms with Crippen molar-refractivity contribution in [3.8, 4) is 0 Å². The summed E-state index contributed by atoms with van der Waals surface area (Å²) in [6, 6.07) is 4.12. The van der Waals surface area contributed by atoms with E-state index in [1.807, 2.05) is 12.3 Å². The molecule has 3 heteroatoms. The van der Waals surface area contributed by atoms with Crippen LogP contribution in [-0.4, -0.2) is 36.6 Å². The molecule has 0 bridgehead atoms. The summed E-state index contributed by atoms with van der Waals surface area (Å²) in [5.74, 6) is 0.915. The van der Waals surface area contributed by atoms with Gasteiger partial charge in [-0.25, -0.2) is 0 Å². The van der Waals surface area contributed by atoms with Gasteiger partial charge in [-0.2, -0.15) is 0 Å². The fourth-order valence-electron chi connectivity index (χ4n) is 2.57. The van der Waals surface area contributed by atoms with Gasteiger partial charge in [-0.1, -0.05) is 6.07 Å². The Labute approximate surface area is 111 Å². The van der Waals surface area contributed by atoms with Crippen LogP contribution in [0.15, 0.2) is 18.3 Å². The van der Waals surface area contributed by atoms with Gasteiger partial charge in [0.05, 0.1) is 5.69 Å². The summed E-state index contributed by atoms with van der Waals surface area (Å²) in [7, 11) is 2.22. The first kappa shape index (κ1) is 13.5. The maximum Gasteiger partial charge on any atom is 0.0570 e. The minimum absolute atomic E-state index is 0.902. The third kappa shape index (κ3) is 4.07. The third-order valence-corrected chi connectivity index (χ3v) is 3.98. The predicted octanol–water partition coefficient (Wildman–Crippen LogP) is 2.21. The Morgan fingerprint density at radius 1 is 1.39 bits per heavy atom. The molecule has 0 saturated carbocycles. The molecule has 1 fully saturated rings. The van der Waals surface area contributed by atoms with Gasteiger partial charge in [-0.3, -0.25) is 4.98 Å². The Hall–Kier alpha value is -0.930. The van der Waals surface area contributed by atoms with Crippen LogP contribution >= 0.6 is 0 Å². The molecule has 0 unspecified atom stereocenters. The van der Waals surface area contributed by atoms with Crippen molar-refractivity contribution >= 4 is 0 Å². The third-order valence-electron chi connectivity index (χ3n) is 3.98. The van der Waals surface area contributed by atoms with Crippen LogP contribution in [0, 0.1) is 12.8 Å². The molecule has 1 aromatic heterocycles. The second-order valence-corrected chi connectivity index (χ2v) is 5.48. The summed E-state index contributed by atoms with van der Waals surface area (Å²) in [6.45, 7) is 6.68. The number of aromatic nitrogens is 1. The second kappa shape index (κ2) is 6.86. The van der Waals surface area contributed by atoms with E-state index in [1.54, 1.807) is 0 Å². The summed E-state index contributed by atoms with van der Waals surface area (Å²) >= 11 is 0. The van der Waals surface area contributed by atoms with E-state index in [1.165, 1.54) is 43.6 Å². The number of piperidine rings is 1. The smallest absolute Gasteiger partial charge is 0.0570 e. The molecule has 1 aliphatic rings. The monoisotopic (exact) mass is 247 g/mol. The van der Waals surface area contributed by atoms with Crippen molar-refractivity contribution in [2.24, 2.45) is 5.92 Å². The van der Waals surface area contributed by atoms with Crippen LogP contribution in [-0.2, 0) is 6.54 Å². The highest BCUT2D eigenvalue weighted by Gasteiger charge is 2.15. The minimum atomic E-state index is 0.902. The lowest BCUT2D eigenvalue weighted by molar-refractivity contribution is 0.211. The van der Waals surface area contributed by atoms with Crippen LogP contribution in [0.3, 0.4) is 0 Å². The van der Waals surface area contributed by atoms with Crippen LogP contribution in [0.5, 0.6) is 0 Å². The number of likely N-dealkylation sites (tertiary alicyclic amines) is 1. The van der Waals surface area contributed by atoms with E-state index in [9.17, 15) is 0 Å². The van der Waals surface area contributed by atoms with Gasteiger partial charge < -0.3 is 10.2 Å². The molecule has 0 aliphatic carbocycles. The van der Waals surface area contributed by atoms with E-state index < -0.39 is 0 Å². The van der Waals surface area contributed by atoms with Crippen molar-refractivity contribution in [1.82, 2.24) is 15.2 Å². The fourth-order valence-corrected chi connectivity index (χ4v) is 2.57. The average Bonchev–Trinajstić information content (AvgIpc) is 2.39. The number of hydrogen-bond donors (Lipinski definition) is 1. The first-order valence-corrected chi connectivity index (χ1v) is 7.05. The van der Waals surface area contributed by atoms with E-state index in [0.717, 1.165) is 19.0 Å². The molecule has 1 aliphatic heterocycles. The maximum absolute atomic E-state index is 4.40. The lowest BCUT2D eigenvalue weighted by Gasteiger charge is -2.28. The van der Waals surface area contributed by atoms with E-state index in [0.29, 0.717) is 0 Å². The molecular weight excluding hydrogens is 222 g/mol. The number of pyridine rings is 1. The van der Waals surface area contributed by atoms with Crippen molar-refractivity contribution in [2.75, 3.05) is 26.7 Å². The zero-order valence-corrected chi connectivity index (χ0v) is 11.7. The second-order valence-electron chi connectivity index (χ2n) is 5.48. The zero-order valence-electron chi connectivity index (χ0n) is 11.7. The normalized spacial score (nSPS) is 18.1. The largest absolute Gasteiger partial charge is 0.311 e. The highest BCUT2D eigenvalue weighted by Crippen LogP contribution is 2.18. The Kier molecular flexibility index (Phi) is 5.14. The van der Waals surface area contributed by atoms with Gasteiger partial charge in [0.25, 0.3) is 0 Å². The van der Waals surface area contributed by atoms with Gasteiger partial charge in [0, 0.05) is 12.7 Å². The van der Waals surface area contributed by atoms with Gasteiger partial charge in [0.15, 0.2) is 0 Å². The molecule has 0 radical (unpaired) electrons. The Balaban J connectivity index is 1.63. The number of rotatable bonds is 5. The maximum atomic E-state index is 4.40. The van der Waals surface area contributed by atoms with Gasteiger partial charge in [0.2, 0.25) is 0 Å². The first-order chi connectivity index (χ1) is 8.75. The first-order valence-electron chi connectivity index (χ1n) is 7.05. The Morgan fingerprint density at radius 3 is 2.89 bits per heavy atom. The molecule has 1 saturated heterocycles. The van der Waals surface area contributed by atoms with Gasteiger partial charge in [-0.05, 0) is 70.4 Å². The van der Waals surface area contributed by atoms with E-state index >= 15 is 0 Å². The Morgan fingerprint density at radius 2 is 2.17 bits per heavy atom. The molecule has 18 heavy (non-hydrogen) atoms. The molecule has 1 aromatic rings. The highest BCUT2D eigenvalue weighted by atomic mass is 15.1. The number of hydrogen-bond acceptors (Lipinski definition) is 3. The lowest BCUT2D eigenvalue weighted by Crippen LogP contribution is -2.31. The molecule has 0 atom stereocenters. The van der Waals surface area contributed by atoms with Crippen LogP contribution in [0.4, 0.5) is 0 Å². The van der Waals surface area contributed by atoms with Crippen molar-refractivity contribution in [3.63, 3.8) is 0 Å². The summed E-state index contributed by atoms with van der Waals surface area (Å²) < 4.78 is 0. The Bertz CT molecular complexity index is 357. The summed E-state index contributed by atoms with van der Waals surface area (Å²) in [5.41, 5.74) is 2.46. The average molecular weight is 247 g/mol. The van der Waals surface area contributed by atoms with Crippen molar-refractivity contribution < 1.29 is 0 Å². The van der Waals surface area contributed by atoms with E-state index in [4.69, 9.17) is 0 Å². The lowest BCUT2D eigenvalue weighted by atomic mass is 9.94. The fraction of sp³-hybridized carbons (Fsp3) is 0.667. The molecule has 0 amide bonds. The highest BCUT2D eigenvalue weighted by molar-refractivity contribution is 5.17. The topological polar surface area (TPSA) is 28.2 Å². The quantitative estimate of drug-likeness (QED) is 0.809. The number of aryl methyl sites for hydroxylation is 1. The standard InChI is InChI=1S/C15H25N3/c1-13-4-3-8-17-15(13)12-16-9-5-14-6-10-18(2)11-7-14/h3-4,8,14,16H,5-7,9-12H2,1-2H3. The molecule has 2 rings (SSSR count). The van der Waals surface area contributed by atoms with Gasteiger partial charge >= 0.3 is 0 Å². The van der Waals surface area contributed by atoms with Crippen LogP contribution < -0.4 is 5.32 Å². The zero-order chi connectivity index (χ0) is 12.8. The molecule has 2 heterocycles. The van der Waals surface area contributed by atoms with Gasteiger partial charge in [0.1, 0.15) is 0 Å². The van der Waals surface area contributed by atoms with Gasteiger partial charge in [-0.15, -0.1) is 0 Å². The molecule has 1 N–H and O–H groups in total. The SMILES string of the molecule is Cc1cccnc1CNCCC1CCN(C)CC1. The van der Waals surface area contributed by atoms with Crippen molar-refractivity contribution in [3.05, 3.63) is 29.6 Å². The number of nitrogens with zero attached hydrogens (tertiary/aromatic N) is 2. The number of nitrogens with one attached hydrogen (secondary N) is 1. The van der Waals surface area contributed by atoms with E-state index in [2.05, 4.69) is 35.2 Å². The predicted molar refractivity (Wildman–Crippen MR) is 75.5 cm³/mol.